The summed E-state index contributed by atoms with van der Waals surface area (Å²) in [5.74, 6) is 0.0914. The topological polar surface area (TPSA) is 49.3 Å². The van der Waals surface area contributed by atoms with E-state index in [0.717, 1.165) is 18.5 Å². The van der Waals surface area contributed by atoms with Gasteiger partial charge in [-0.15, -0.1) is 0 Å². The molecule has 0 atom stereocenters. The van der Waals surface area contributed by atoms with Crippen molar-refractivity contribution in [2.75, 3.05) is 6.54 Å². The van der Waals surface area contributed by atoms with E-state index in [4.69, 9.17) is 0 Å². The van der Waals surface area contributed by atoms with Crippen LogP contribution >= 0.6 is 0 Å². The van der Waals surface area contributed by atoms with Crippen LogP contribution in [0.5, 0.6) is 5.75 Å². The van der Waals surface area contributed by atoms with Crippen molar-refractivity contribution in [3.05, 3.63) is 29.3 Å². The van der Waals surface area contributed by atoms with Crippen LogP contribution in [0.1, 0.15) is 54.9 Å². The molecule has 1 aromatic rings. The number of nitrogens with one attached hydrogen (secondary N) is 1. The smallest absolute Gasteiger partial charge is 0.251 e. The van der Waals surface area contributed by atoms with E-state index in [-0.39, 0.29) is 11.7 Å². The number of carbonyl (C=O) groups is 1. The van der Waals surface area contributed by atoms with Crippen molar-refractivity contribution in [3.63, 3.8) is 0 Å². The third kappa shape index (κ3) is 3.09. The van der Waals surface area contributed by atoms with Crippen molar-refractivity contribution < 1.29 is 9.90 Å². The zero-order chi connectivity index (χ0) is 13.9. The van der Waals surface area contributed by atoms with Crippen LogP contribution in [0, 0.1) is 12.3 Å². The number of benzene rings is 1. The summed E-state index contributed by atoms with van der Waals surface area (Å²) >= 11 is 0. The normalized spacial score (nSPS) is 17.4. The first-order valence-electron chi connectivity index (χ1n) is 7.14. The highest BCUT2D eigenvalue weighted by molar-refractivity contribution is 5.94. The molecule has 1 amide bonds. The van der Waals surface area contributed by atoms with Gasteiger partial charge in [-0.2, -0.15) is 0 Å². The molecule has 3 nitrogen and oxygen atoms in total. The monoisotopic (exact) mass is 261 g/mol. The average molecular weight is 261 g/mol. The van der Waals surface area contributed by atoms with Gasteiger partial charge in [-0.05, 0) is 49.3 Å². The van der Waals surface area contributed by atoms with Gasteiger partial charge in [-0.1, -0.05) is 25.8 Å². The van der Waals surface area contributed by atoms with Crippen molar-refractivity contribution >= 4 is 5.91 Å². The van der Waals surface area contributed by atoms with Gasteiger partial charge in [-0.25, -0.2) is 0 Å². The Morgan fingerprint density at radius 3 is 2.63 bits per heavy atom. The lowest BCUT2D eigenvalue weighted by atomic mass is 9.83. The minimum Gasteiger partial charge on any atom is -0.508 e. The van der Waals surface area contributed by atoms with Gasteiger partial charge >= 0.3 is 0 Å². The van der Waals surface area contributed by atoms with Gasteiger partial charge in [0.1, 0.15) is 5.75 Å². The average Bonchev–Trinajstić information content (AvgIpc) is 2.89. The lowest BCUT2D eigenvalue weighted by Crippen LogP contribution is -2.35. The van der Waals surface area contributed by atoms with E-state index in [2.05, 4.69) is 12.2 Å². The number of phenols is 1. The molecule has 0 bridgehead atoms. The van der Waals surface area contributed by atoms with Crippen molar-refractivity contribution in [1.82, 2.24) is 5.32 Å². The summed E-state index contributed by atoms with van der Waals surface area (Å²) in [7, 11) is 0. The Labute approximate surface area is 115 Å². The summed E-state index contributed by atoms with van der Waals surface area (Å²) in [6, 6.07) is 5.07. The molecule has 1 saturated carbocycles. The zero-order valence-corrected chi connectivity index (χ0v) is 11.8. The molecule has 1 fully saturated rings. The predicted octanol–water partition coefficient (Wildman–Crippen LogP) is 3.40. The van der Waals surface area contributed by atoms with Crippen molar-refractivity contribution in [2.45, 2.75) is 46.0 Å². The minimum atomic E-state index is -0.0879. The highest BCUT2D eigenvalue weighted by Crippen LogP contribution is 2.40. The summed E-state index contributed by atoms with van der Waals surface area (Å²) in [4.78, 5) is 12.1. The maximum absolute atomic E-state index is 12.1. The molecule has 1 aliphatic carbocycles. The van der Waals surface area contributed by atoms with Gasteiger partial charge in [0.05, 0.1) is 0 Å². The third-order valence-corrected chi connectivity index (χ3v) is 4.51. The summed E-state index contributed by atoms with van der Waals surface area (Å²) in [6.07, 6.45) is 6.09. The Balaban J connectivity index is 1.99. The summed E-state index contributed by atoms with van der Waals surface area (Å²) in [5.41, 5.74) is 1.62. The second-order valence-corrected chi connectivity index (χ2v) is 5.74. The number of aryl methyl sites for hydroxylation is 1. The lowest BCUT2D eigenvalue weighted by molar-refractivity contribution is 0.0928. The van der Waals surface area contributed by atoms with Crippen molar-refractivity contribution in [1.29, 1.82) is 0 Å². The maximum atomic E-state index is 12.1. The van der Waals surface area contributed by atoms with Gasteiger partial charge in [-0.3, -0.25) is 4.79 Å². The van der Waals surface area contributed by atoms with E-state index in [1.807, 2.05) is 6.92 Å². The number of hydrogen-bond donors (Lipinski definition) is 2. The minimum absolute atomic E-state index is 0.0879. The van der Waals surface area contributed by atoms with E-state index < -0.39 is 0 Å². The summed E-state index contributed by atoms with van der Waals surface area (Å²) in [5, 5.41) is 12.7. The molecule has 1 aromatic carbocycles. The molecule has 2 rings (SSSR count). The molecule has 19 heavy (non-hydrogen) atoms. The molecular formula is C16H23NO2. The molecule has 2 N–H and O–H groups in total. The second kappa shape index (κ2) is 5.64. The van der Waals surface area contributed by atoms with Gasteiger partial charge in [0, 0.05) is 12.1 Å². The first kappa shape index (κ1) is 13.9. The van der Waals surface area contributed by atoms with Crippen LogP contribution < -0.4 is 5.32 Å². The lowest BCUT2D eigenvalue weighted by Gasteiger charge is -2.27. The van der Waals surface area contributed by atoms with Crippen LogP contribution in [-0.2, 0) is 0 Å². The highest BCUT2D eigenvalue weighted by atomic mass is 16.3. The molecule has 3 heteroatoms. The maximum Gasteiger partial charge on any atom is 0.251 e. The molecular weight excluding hydrogens is 238 g/mol. The van der Waals surface area contributed by atoms with E-state index in [9.17, 15) is 9.90 Å². The number of carbonyl (C=O) groups excluding carboxylic acids is 1. The van der Waals surface area contributed by atoms with E-state index in [0.29, 0.717) is 11.0 Å². The van der Waals surface area contributed by atoms with Crippen LogP contribution in [0.25, 0.3) is 0 Å². The van der Waals surface area contributed by atoms with E-state index in [1.165, 1.54) is 31.7 Å². The molecule has 0 spiro atoms. The van der Waals surface area contributed by atoms with Gasteiger partial charge < -0.3 is 10.4 Å². The Hall–Kier alpha value is -1.51. The Kier molecular flexibility index (Phi) is 4.13. The first-order valence-corrected chi connectivity index (χ1v) is 7.14. The first-order chi connectivity index (χ1) is 9.06. The molecule has 104 valence electrons. The number of aromatic hydroxyl groups is 1. The fraction of sp³-hybridized carbons (Fsp3) is 0.562. The molecule has 0 unspecified atom stereocenters. The number of phenolic OH excluding ortho intramolecular Hbond substituents is 1. The van der Waals surface area contributed by atoms with E-state index >= 15 is 0 Å². The van der Waals surface area contributed by atoms with Gasteiger partial charge in [0.25, 0.3) is 5.91 Å². The Morgan fingerprint density at radius 2 is 2.05 bits per heavy atom. The largest absolute Gasteiger partial charge is 0.508 e. The highest BCUT2D eigenvalue weighted by Gasteiger charge is 2.32. The van der Waals surface area contributed by atoms with Crippen molar-refractivity contribution in [2.24, 2.45) is 5.41 Å². The summed E-state index contributed by atoms with van der Waals surface area (Å²) in [6.45, 7) is 4.77. The molecule has 1 aliphatic rings. The van der Waals surface area contributed by atoms with Crippen LogP contribution in [0.2, 0.25) is 0 Å². The molecule has 0 radical (unpaired) electrons. The Bertz CT molecular complexity index is 462. The van der Waals surface area contributed by atoms with Crippen LogP contribution in [-0.4, -0.2) is 17.6 Å². The van der Waals surface area contributed by atoms with Crippen LogP contribution in [0.4, 0.5) is 0 Å². The van der Waals surface area contributed by atoms with Crippen LogP contribution in [0.15, 0.2) is 18.2 Å². The molecule has 0 aromatic heterocycles. The number of amides is 1. The molecule has 0 aliphatic heterocycles. The fourth-order valence-corrected chi connectivity index (χ4v) is 2.90. The van der Waals surface area contributed by atoms with Crippen molar-refractivity contribution in [3.8, 4) is 5.75 Å². The van der Waals surface area contributed by atoms with Gasteiger partial charge in [0.15, 0.2) is 0 Å². The number of rotatable bonds is 4. The Morgan fingerprint density at radius 1 is 1.37 bits per heavy atom. The number of hydrogen-bond acceptors (Lipinski definition) is 2. The third-order valence-electron chi connectivity index (χ3n) is 4.51. The quantitative estimate of drug-likeness (QED) is 0.872. The summed E-state index contributed by atoms with van der Waals surface area (Å²) < 4.78 is 0. The zero-order valence-electron chi connectivity index (χ0n) is 11.8. The SMILES string of the molecule is CCC1(CNC(=O)c2ccc(C)c(O)c2)CCCC1. The van der Waals surface area contributed by atoms with Gasteiger partial charge in [0.2, 0.25) is 0 Å². The molecule has 0 saturated heterocycles. The van der Waals surface area contributed by atoms with E-state index in [1.54, 1.807) is 12.1 Å². The fourth-order valence-electron chi connectivity index (χ4n) is 2.90. The van der Waals surface area contributed by atoms with Crippen LogP contribution in [0.3, 0.4) is 0 Å². The predicted molar refractivity (Wildman–Crippen MR) is 76.4 cm³/mol. The second-order valence-electron chi connectivity index (χ2n) is 5.74. The standard InChI is InChI=1S/C16H23NO2/c1-3-16(8-4-5-9-16)11-17-15(19)13-7-6-12(2)14(18)10-13/h6-7,10,18H,3-5,8-9,11H2,1-2H3,(H,17,19). The molecule has 0 heterocycles.